The highest BCUT2D eigenvalue weighted by Crippen LogP contribution is 2.18. The van der Waals surface area contributed by atoms with Crippen molar-refractivity contribution in [1.29, 1.82) is 0 Å². The van der Waals surface area contributed by atoms with Gasteiger partial charge in [0.15, 0.2) is 0 Å². The van der Waals surface area contributed by atoms with E-state index in [2.05, 4.69) is 76.8 Å². The Balaban J connectivity index is 1.45. The molecule has 3 aliphatic heterocycles. The lowest BCUT2D eigenvalue weighted by Gasteiger charge is -2.38. The third kappa shape index (κ3) is 38.2. The molecule has 0 aromatic heterocycles. The molecule has 3 aliphatic rings. The Hall–Kier alpha value is -2.41. The molecule has 0 fully saturated rings. The number of hydrogen-bond donors (Lipinski definition) is 0. The zero-order valence-corrected chi connectivity index (χ0v) is 51.4. The minimum absolute atomic E-state index is 0.911. The van der Waals surface area contributed by atoms with Crippen molar-refractivity contribution in [2.24, 2.45) is 15.0 Å². The Kier molecular flexibility index (Phi) is 46.4. The van der Waals surface area contributed by atoms with Crippen molar-refractivity contribution in [2.75, 3.05) is 78.5 Å². The first-order chi connectivity index (χ1) is 37.7. The summed E-state index contributed by atoms with van der Waals surface area (Å²) < 4.78 is 0. The van der Waals surface area contributed by atoms with Crippen LogP contribution in [0.4, 0.5) is 0 Å². The van der Waals surface area contributed by atoms with Crippen LogP contribution in [0.5, 0.6) is 0 Å². The van der Waals surface area contributed by atoms with Crippen LogP contribution in [-0.2, 0) is 0 Å². The van der Waals surface area contributed by atoms with E-state index in [9.17, 15) is 0 Å². The van der Waals surface area contributed by atoms with Crippen molar-refractivity contribution in [3.8, 4) is 0 Å². The molecule has 440 valence electrons. The summed E-state index contributed by atoms with van der Waals surface area (Å²) in [5, 5.41) is 0. The topological polar surface area (TPSA) is 50.0 Å². The van der Waals surface area contributed by atoms with Crippen LogP contribution in [0, 0.1) is 0 Å². The van der Waals surface area contributed by atoms with Crippen molar-refractivity contribution in [3.63, 3.8) is 0 Å². The summed E-state index contributed by atoms with van der Waals surface area (Å²) in [5.74, 6) is 3.98. The summed E-state index contributed by atoms with van der Waals surface area (Å²) in [6.07, 6.45) is 75.4. The minimum Gasteiger partial charge on any atom is -0.359 e. The molecule has 0 bridgehead atoms. The molecule has 0 unspecified atom stereocenters. The van der Waals surface area contributed by atoms with E-state index in [4.69, 9.17) is 15.0 Å². The van der Waals surface area contributed by atoms with Gasteiger partial charge in [0.25, 0.3) is 0 Å². The number of aliphatic imine (C=N–C) groups is 3. The van der Waals surface area contributed by atoms with Gasteiger partial charge in [0.05, 0.1) is 19.6 Å². The molecule has 0 aromatic rings. The minimum atomic E-state index is 0.911. The van der Waals surface area contributed by atoms with E-state index in [1.165, 1.54) is 306 Å². The van der Waals surface area contributed by atoms with E-state index in [1.807, 2.05) is 0 Å². The fourth-order valence-corrected chi connectivity index (χ4v) is 11.7. The van der Waals surface area contributed by atoms with Gasteiger partial charge in [-0.25, -0.2) is 0 Å². The van der Waals surface area contributed by atoms with E-state index in [0.29, 0.717) is 0 Å². The van der Waals surface area contributed by atoms with Gasteiger partial charge in [-0.15, -0.1) is 0 Å². The third-order valence-electron chi connectivity index (χ3n) is 16.7. The van der Waals surface area contributed by atoms with Gasteiger partial charge in [-0.3, -0.25) is 19.9 Å². The second-order valence-electron chi connectivity index (χ2n) is 23.9. The summed E-state index contributed by atoms with van der Waals surface area (Å²) in [5.41, 5.74) is 0. The van der Waals surface area contributed by atoms with Crippen LogP contribution in [0.2, 0.25) is 0 Å². The average Bonchev–Trinajstić information content (AvgIpc) is 3.44. The molecule has 0 N–H and O–H groups in total. The molecular formula is C69H129N7. The number of unbranched alkanes of at least 4 members (excludes halogenated alkanes) is 36. The van der Waals surface area contributed by atoms with Crippen LogP contribution in [0.15, 0.2) is 51.4 Å². The first kappa shape index (κ1) is 67.9. The monoisotopic (exact) mass is 1060 g/mol. The largest absolute Gasteiger partial charge is 0.359 e. The van der Waals surface area contributed by atoms with Gasteiger partial charge in [-0.05, 0) is 116 Å². The highest BCUT2D eigenvalue weighted by atomic mass is 15.3. The summed E-state index contributed by atoms with van der Waals surface area (Å²) in [6, 6.07) is 0. The number of amidine groups is 3. The number of allylic oxidation sites excluding steroid dienone is 6. The number of rotatable bonds is 54. The smallest absolute Gasteiger partial charge is 0.113 e. The second-order valence-corrected chi connectivity index (χ2v) is 23.9. The molecule has 0 aromatic carbocycles. The number of nitrogens with zero attached hydrogens (tertiary/aromatic N) is 7. The van der Waals surface area contributed by atoms with Crippen LogP contribution in [0.25, 0.3) is 0 Å². The lowest BCUT2D eigenvalue weighted by molar-refractivity contribution is 0.299. The molecule has 0 atom stereocenters. The van der Waals surface area contributed by atoms with Gasteiger partial charge in [0.2, 0.25) is 0 Å². The first-order valence-corrected chi connectivity index (χ1v) is 34.3. The maximum atomic E-state index is 5.30. The molecule has 76 heavy (non-hydrogen) atoms. The lowest BCUT2D eigenvalue weighted by Crippen LogP contribution is -2.52. The van der Waals surface area contributed by atoms with Crippen molar-refractivity contribution in [3.05, 3.63) is 36.5 Å². The van der Waals surface area contributed by atoms with Crippen molar-refractivity contribution < 1.29 is 0 Å². The molecule has 0 radical (unpaired) electrons. The standard InChI is InChI=1S/C69H129N7/c1-4-7-10-13-16-19-22-25-28-31-34-37-40-43-46-49-58-74-61-52-55-70-67(74)64-73(65-68-71-56-53-62-75(68)59-50-47-44-41-38-35-32-29-26-23-20-17-14-11-8-5-2)66-69-72-57-54-63-76(69)60-51-48-45-42-39-36-33-30-27-24-21-18-15-12-9-6-3/h25-30H,4-24,31-66H2,1-3H3/b28-25-,29-26-,30-27-. The third-order valence-corrected chi connectivity index (χ3v) is 16.7. The van der Waals surface area contributed by atoms with Crippen molar-refractivity contribution in [1.82, 2.24) is 19.6 Å². The van der Waals surface area contributed by atoms with Crippen LogP contribution >= 0.6 is 0 Å². The zero-order chi connectivity index (χ0) is 53.7. The van der Waals surface area contributed by atoms with Crippen molar-refractivity contribution in [2.45, 2.75) is 310 Å². The van der Waals surface area contributed by atoms with E-state index >= 15 is 0 Å². The van der Waals surface area contributed by atoms with Crippen LogP contribution in [-0.4, -0.2) is 116 Å². The lowest BCUT2D eigenvalue weighted by atomic mass is 10.1. The van der Waals surface area contributed by atoms with Gasteiger partial charge < -0.3 is 14.7 Å². The normalized spacial score (nSPS) is 15.6. The predicted octanol–water partition coefficient (Wildman–Crippen LogP) is 19.7. The first-order valence-electron chi connectivity index (χ1n) is 34.3. The van der Waals surface area contributed by atoms with Gasteiger partial charge in [0, 0.05) is 58.9 Å². The van der Waals surface area contributed by atoms with Gasteiger partial charge in [0.1, 0.15) is 17.5 Å². The molecule has 3 rings (SSSR count). The fraction of sp³-hybridized carbons (Fsp3) is 0.870. The fourth-order valence-electron chi connectivity index (χ4n) is 11.7. The molecule has 0 saturated carbocycles. The number of hydrogen-bond acceptors (Lipinski definition) is 7. The SMILES string of the molecule is CCCCCCCC/C=C\CCCCCCCCN1CCCN=C1CN(CC1=NCCCN1CCCCCCCC/C=C\CCCCCCCC)CC1=NCCCN1CCCCCCCC/C=C\CCCCCCCC. The Morgan fingerprint density at radius 2 is 0.500 bits per heavy atom. The Labute approximate surface area is 474 Å². The van der Waals surface area contributed by atoms with Crippen LogP contribution < -0.4 is 0 Å². The van der Waals surface area contributed by atoms with Gasteiger partial charge >= 0.3 is 0 Å². The quantitative estimate of drug-likeness (QED) is 0.0450. The highest BCUT2D eigenvalue weighted by molar-refractivity contribution is 5.90. The van der Waals surface area contributed by atoms with Gasteiger partial charge in [-0.2, -0.15) is 0 Å². The predicted molar refractivity (Wildman–Crippen MR) is 340 cm³/mol. The molecule has 0 aliphatic carbocycles. The molecule has 0 saturated heterocycles. The van der Waals surface area contributed by atoms with Gasteiger partial charge in [-0.1, -0.05) is 231 Å². The Morgan fingerprint density at radius 1 is 0.289 bits per heavy atom. The van der Waals surface area contributed by atoms with Crippen LogP contribution in [0.3, 0.4) is 0 Å². The maximum Gasteiger partial charge on any atom is 0.113 e. The molecule has 0 spiro atoms. The molecular weight excluding hydrogens is 927 g/mol. The average molecular weight is 1060 g/mol. The van der Waals surface area contributed by atoms with E-state index < -0.39 is 0 Å². The maximum absolute atomic E-state index is 5.30. The summed E-state index contributed by atoms with van der Waals surface area (Å²) in [6.45, 7) is 19.5. The summed E-state index contributed by atoms with van der Waals surface area (Å²) in [4.78, 5) is 26.6. The Morgan fingerprint density at radius 3 is 0.737 bits per heavy atom. The van der Waals surface area contributed by atoms with Crippen LogP contribution in [0.1, 0.15) is 310 Å². The van der Waals surface area contributed by atoms with E-state index in [1.54, 1.807) is 0 Å². The summed E-state index contributed by atoms with van der Waals surface area (Å²) >= 11 is 0. The Bertz CT molecular complexity index is 1290. The van der Waals surface area contributed by atoms with Crippen molar-refractivity contribution >= 4 is 17.5 Å². The zero-order valence-electron chi connectivity index (χ0n) is 51.4. The molecule has 7 nitrogen and oxygen atoms in total. The highest BCUT2D eigenvalue weighted by Gasteiger charge is 2.26. The van der Waals surface area contributed by atoms with E-state index in [0.717, 1.165) is 78.5 Å². The second kappa shape index (κ2) is 52.0. The molecule has 3 heterocycles. The molecule has 0 amide bonds. The van der Waals surface area contributed by atoms with E-state index in [-0.39, 0.29) is 0 Å². The summed E-state index contributed by atoms with van der Waals surface area (Å²) in [7, 11) is 0. The molecule has 7 heteroatoms.